The number of carbonyl (C=O) groups excluding carboxylic acids is 1. The molecule has 112 valence electrons. The lowest BCUT2D eigenvalue weighted by Crippen LogP contribution is -2.24. The molecule has 2 rings (SSSR count). The van der Waals surface area contributed by atoms with Crippen LogP contribution < -0.4 is 15.8 Å². The second-order valence-electron chi connectivity index (χ2n) is 4.87. The van der Waals surface area contributed by atoms with Crippen LogP contribution in [0.25, 0.3) is 0 Å². The Labute approximate surface area is 123 Å². The molecule has 0 saturated heterocycles. The van der Waals surface area contributed by atoms with E-state index >= 15 is 0 Å². The molecule has 0 fully saturated rings. The fraction of sp³-hybridized carbons (Fsp3) is 0.333. The van der Waals surface area contributed by atoms with Gasteiger partial charge in [0.25, 0.3) is 5.91 Å². The minimum atomic E-state index is -0.149. The first-order chi connectivity index (χ1) is 10.1. The van der Waals surface area contributed by atoms with Gasteiger partial charge in [-0.3, -0.25) is 9.89 Å². The van der Waals surface area contributed by atoms with Crippen LogP contribution in [0.5, 0.6) is 5.75 Å². The molecule has 1 heterocycles. The number of nitrogens with one attached hydrogen (secondary N) is 2. The lowest BCUT2D eigenvalue weighted by Gasteiger charge is -2.08. The quantitative estimate of drug-likeness (QED) is 0.557. The second kappa shape index (κ2) is 6.78. The number of hydrogen-bond acceptors (Lipinski definition) is 4. The normalized spacial score (nSPS) is 10.4. The molecule has 2 aromatic rings. The van der Waals surface area contributed by atoms with E-state index in [4.69, 9.17) is 10.5 Å². The first kappa shape index (κ1) is 14.9. The number of aromatic amines is 1. The predicted molar refractivity (Wildman–Crippen MR) is 81.4 cm³/mol. The maximum Gasteiger partial charge on any atom is 0.251 e. The van der Waals surface area contributed by atoms with Crippen molar-refractivity contribution in [2.45, 2.75) is 19.8 Å². The Balaban J connectivity index is 1.84. The summed E-state index contributed by atoms with van der Waals surface area (Å²) in [6, 6.07) is 4.99. The number of rotatable bonds is 6. The molecule has 0 aliphatic heterocycles. The first-order valence-corrected chi connectivity index (χ1v) is 6.81. The van der Waals surface area contributed by atoms with Gasteiger partial charge < -0.3 is 15.8 Å². The Morgan fingerprint density at radius 3 is 2.90 bits per heavy atom. The Morgan fingerprint density at radius 2 is 2.24 bits per heavy atom. The van der Waals surface area contributed by atoms with Crippen LogP contribution in [-0.4, -0.2) is 29.8 Å². The standard InChI is InChI=1S/C15H20N4O2/c1-10-11(9-18-19-10)4-3-5-17-15(20)12-6-13(16)8-14(7-12)21-2/h6-9H,3-5,16H2,1-2H3,(H,17,20)(H,18,19). The number of H-pyrrole nitrogens is 1. The maximum atomic E-state index is 12.1. The lowest BCUT2D eigenvalue weighted by molar-refractivity contribution is 0.0953. The van der Waals surface area contributed by atoms with Gasteiger partial charge >= 0.3 is 0 Å². The monoisotopic (exact) mass is 288 g/mol. The number of aryl methyl sites for hydroxylation is 2. The number of amides is 1. The highest BCUT2D eigenvalue weighted by Gasteiger charge is 2.08. The van der Waals surface area contributed by atoms with Gasteiger partial charge in [-0.1, -0.05) is 0 Å². The van der Waals surface area contributed by atoms with Crippen molar-refractivity contribution < 1.29 is 9.53 Å². The maximum absolute atomic E-state index is 12.1. The Hall–Kier alpha value is -2.50. The minimum Gasteiger partial charge on any atom is -0.497 e. The molecule has 6 heteroatoms. The topological polar surface area (TPSA) is 93.0 Å². The Kier molecular flexibility index (Phi) is 4.81. The van der Waals surface area contributed by atoms with Gasteiger partial charge in [0.05, 0.1) is 13.3 Å². The molecule has 6 nitrogen and oxygen atoms in total. The summed E-state index contributed by atoms with van der Waals surface area (Å²) >= 11 is 0. The van der Waals surface area contributed by atoms with Crippen molar-refractivity contribution in [3.63, 3.8) is 0 Å². The molecule has 1 amide bonds. The Morgan fingerprint density at radius 1 is 1.43 bits per heavy atom. The van der Waals surface area contributed by atoms with E-state index in [-0.39, 0.29) is 5.91 Å². The lowest BCUT2D eigenvalue weighted by atomic mass is 10.1. The van der Waals surface area contributed by atoms with E-state index in [1.54, 1.807) is 25.3 Å². The average Bonchev–Trinajstić information content (AvgIpc) is 2.88. The minimum absolute atomic E-state index is 0.149. The van der Waals surface area contributed by atoms with Gasteiger partial charge in [-0.2, -0.15) is 5.10 Å². The molecule has 1 aromatic heterocycles. The number of anilines is 1. The van der Waals surface area contributed by atoms with Gasteiger partial charge in [-0.25, -0.2) is 0 Å². The largest absolute Gasteiger partial charge is 0.497 e. The van der Waals surface area contributed by atoms with Gasteiger partial charge in [0.2, 0.25) is 0 Å². The van der Waals surface area contributed by atoms with Crippen molar-refractivity contribution >= 4 is 11.6 Å². The van der Waals surface area contributed by atoms with Crippen molar-refractivity contribution in [3.8, 4) is 5.75 Å². The van der Waals surface area contributed by atoms with Crippen LogP contribution in [-0.2, 0) is 6.42 Å². The van der Waals surface area contributed by atoms with Crippen LogP contribution in [0.4, 0.5) is 5.69 Å². The number of benzene rings is 1. The molecule has 0 atom stereocenters. The number of methoxy groups -OCH3 is 1. The summed E-state index contributed by atoms with van der Waals surface area (Å²) < 4.78 is 5.10. The molecular formula is C15H20N4O2. The van der Waals surface area contributed by atoms with Crippen molar-refractivity contribution in [1.29, 1.82) is 0 Å². The van der Waals surface area contributed by atoms with Crippen LogP contribution >= 0.6 is 0 Å². The number of carbonyl (C=O) groups is 1. The molecule has 0 aliphatic carbocycles. The van der Waals surface area contributed by atoms with Crippen LogP contribution in [0, 0.1) is 6.92 Å². The molecule has 1 aromatic carbocycles. The first-order valence-electron chi connectivity index (χ1n) is 6.81. The van der Waals surface area contributed by atoms with Crippen LogP contribution in [0.3, 0.4) is 0 Å². The predicted octanol–water partition coefficient (Wildman–Crippen LogP) is 1.67. The summed E-state index contributed by atoms with van der Waals surface area (Å²) in [5, 5.41) is 9.75. The van der Waals surface area contributed by atoms with E-state index in [9.17, 15) is 4.79 Å². The molecular weight excluding hydrogens is 268 g/mol. The van der Waals surface area contributed by atoms with E-state index in [2.05, 4.69) is 15.5 Å². The van der Waals surface area contributed by atoms with Crippen molar-refractivity contribution in [3.05, 3.63) is 41.2 Å². The number of nitrogens with zero attached hydrogens (tertiary/aromatic N) is 1. The third-order valence-corrected chi connectivity index (χ3v) is 3.27. The average molecular weight is 288 g/mol. The van der Waals surface area contributed by atoms with Gasteiger partial charge in [0, 0.05) is 29.6 Å². The summed E-state index contributed by atoms with van der Waals surface area (Å²) in [6.07, 6.45) is 3.55. The summed E-state index contributed by atoms with van der Waals surface area (Å²) in [5.41, 5.74) is 9.00. The van der Waals surface area contributed by atoms with E-state index in [1.807, 2.05) is 13.1 Å². The summed E-state index contributed by atoms with van der Waals surface area (Å²) in [6.45, 7) is 2.58. The number of nitrogen functional groups attached to an aromatic ring is 1. The number of hydrogen-bond donors (Lipinski definition) is 3. The SMILES string of the molecule is COc1cc(N)cc(C(=O)NCCCc2cn[nH]c2C)c1. The van der Waals surface area contributed by atoms with Crippen LogP contribution in [0.15, 0.2) is 24.4 Å². The Bertz CT molecular complexity index is 622. The third-order valence-electron chi connectivity index (χ3n) is 3.27. The van der Waals surface area contributed by atoms with Gasteiger partial charge in [-0.15, -0.1) is 0 Å². The number of aromatic nitrogens is 2. The summed E-state index contributed by atoms with van der Waals surface area (Å²) in [5.74, 6) is 0.429. The van der Waals surface area contributed by atoms with E-state index in [0.717, 1.165) is 18.5 Å². The zero-order valence-electron chi connectivity index (χ0n) is 12.3. The van der Waals surface area contributed by atoms with E-state index in [1.165, 1.54) is 5.56 Å². The third kappa shape index (κ3) is 3.98. The van der Waals surface area contributed by atoms with Gasteiger partial charge in [0.15, 0.2) is 0 Å². The fourth-order valence-electron chi connectivity index (χ4n) is 2.08. The second-order valence-corrected chi connectivity index (χ2v) is 4.87. The van der Waals surface area contributed by atoms with Gasteiger partial charge in [0.1, 0.15) is 5.75 Å². The van der Waals surface area contributed by atoms with Crippen molar-refractivity contribution in [2.24, 2.45) is 0 Å². The molecule has 21 heavy (non-hydrogen) atoms. The molecule has 0 unspecified atom stereocenters. The summed E-state index contributed by atoms with van der Waals surface area (Å²) in [4.78, 5) is 12.1. The zero-order chi connectivity index (χ0) is 15.2. The van der Waals surface area contributed by atoms with Crippen LogP contribution in [0.1, 0.15) is 28.0 Å². The summed E-state index contributed by atoms with van der Waals surface area (Å²) in [7, 11) is 1.55. The molecule has 0 radical (unpaired) electrons. The number of nitrogens with two attached hydrogens (primary N) is 1. The smallest absolute Gasteiger partial charge is 0.251 e. The van der Waals surface area contributed by atoms with Gasteiger partial charge in [-0.05, 0) is 37.5 Å². The van der Waals surface area contributed by atoms with E-state index < -0.39 is 0 Å². The molecule has 4 N–H and O–H groups in total. The highest BCUT2D eigenvalue weighted by Crippen LogP contribution is 2.18. The zero-order valence-corrected chi connectivity index (χ0v) is 12.3. The molecule has 0 aliphatic rings. The van der Waals surface area contributed by atoms with E-state index in [0.29, 0.717) is 23.5 Å². The molecule has 0 saturated carbocycles. The van der Waals surface area contributed by atoms with Crippen molar-refractivity contribution in [1.82, 2.24) is 15.5 Å². The van der Waals surface area contributed by atoms with Crippen LogP contribution in [0.2, 0.25) is 0 Å². The fourth-order valence-corrected chi connectivity index (χ4v) is 2.08. The van der Waals surface area contributed by atoms with Crippen molar-refractivity contribution in [2.75, 3.05) is 19.4 Å². The highest BCUT2D eigenvalue weighted by atomic mass is 16.5. The molecule has 0 spiro atoms. The number of ether oxygens (including phenoxy) is 1. The molecule has 0 bridgehead atoms. The highest BCUT2D eigenvalue weighted by molar-refractivity contribution is 5.95.